The van der Waals surface area contributed by atoms with Crippen molar-refractivity contribution in [3.05, 3.63) is 109 Å². The van der Waals surface area contributed by atoms with Gasteiger partial charge in [-0.15, -0.1) is 0 Å². The molecule has 0 fully saturated rings. The number of fused-ring (bicyclic) bond motifs is 4. The summed E-state index contributed by atoms with van der Waals surface area (Å²) in [5.41, 5.74) is 5.83. The van der Waals surface area contributed by atoms with E-state index in [2.05, 4.69) is 66.3 Å². The van der Waals surface area contributed by atoms with Gasteiger partial charge >= 0.3 is 0 Å². The van der Waals surface area contributed by atoms with Gasteiger partial charge in [-0.2, -0.15) is 9.97 Å². The topological polar surface area (TPSA) is 43.6 Å². The fourth-order valence-electron chi connectivity index (χ4n) is 5.41. The molecule has 0 atom stereocenters. The minimum atomic E-state index is -1.79. The molecule has 0 saturated carbocycles. The molecule has 3 heterocycles. The Morgan fingerprint density at radius 1 is 0.583 bits per heavy atom. The van der Waals surface area contributed by atoms with E-state index in [0.717, 1.165) is 16.6 Å². The van der Waals surface area contributed by atoms with Gasteiger partial charge in [0.25, 0.3) is 0 Å². The lowest BCUT2D eigenvalue weighted by Gasteiger charge is -2.19. The summed E-state index contributed by atoms with van der Waals surface area (Å²) < 4.78 is 2.11. The van der Waals surface area contributed by atoms with E-state index in [1.165, 1.54) is 26.9 Å². The normalized spacial score (nSPS) is 13.5. The van der Waals surface area contributed by atoms with Gasteiger partial charge in [-0.05, 0) is 39.7 Å². The minimum absolute atomic E-state index is 0.632. The van der Waals surface area contributed by atoms with Crippen molar-refractivity contribution in [2.45, 2.75) is 13.1 Å². The number of rotatable bonds is 3. The molecule has 0 N–H and O–H groups in total. The molecule has 0 amide bonds. The van der Waals surface area contributed by atoms with Crippen molar-refractivity contribution in [2.75, 3.05) is 0 Å². The van der Waals surface area contributed by atoms with Crippen LogP contribution in [-0.2, 0) is 0 Å². The summed E-state index contributed by atoms with van der Waals surface area (Å²) in [6.45, 7) is 4.89. The van der Waals surface area contributed by atoms with Crippen LogP contribution in [0.25, 0.3) is 50.8 Å². The Hall–Kier alpha value is -4.35. The maximum absolute atomic E-state index is 4.94. The first-order valence-electron chi connectivity index (χ1n) is 12.2. The van der Waals surface area contributed by atoms with E-state index in [1.807, 2.05) is 60.7 Å². The predicted molar refractivity (Wildman–Crippen MR) is 150 cm³/mol. The predicted octanol–water partition coefficient (Wildman–Crippen LogP) is 5.95. The second-order valence-electron chi connectivity index (χ2n) is 9.83. The molecular formula is C31H24N4Si. The van der Waals surface area contributed by atoms with Crippen molar-refractivity contribution in [2.24, 2.45) is 0 Å². The van der Waals surface area contributed by atoms with Gasteiger partial charge in [0.1, 0.15) is 8.07 Å². The molecule has 6 aromatic rings. The first-order chi connectivity index (χ1) is 17.6. The molecule has 36 heavy (non-hydrogen) atoms. The quantitative estimate of drug-likeness (QED) is 0.294. The highest BCUT2D eigenvalue weighted by Gasteiger charge is 2.37. The third kappa shape index (κ3) is 3.17. The highest BCUT2D eigenvalue weighted by molar-refractivity contribution is 7.03. The molecule has 0 radical (unpaired) electrons. The third-order valence-electron chi connectivity index (χ3n) is 7.30. The minimum Gasteiger partial charge on any atom is -0.285 e. The molecule has 1 aliphatic heterocycles. The van der Waals surface area contributed by atoms with E-state index in [1.54, 1.807) is 0 Å². The Morgan fingerprint density at radius 3 is 1.86 bits per heavy atom. The van der Waals surface area contributed by atoms with Crippen LogP contribution < -0.4 is 10.4 Å². The van der Waals surface area contributed by atoms with Gasteiger partial charge in [0.15, 0.2) is 11.6 Å². The molecule has 0 aliphatic carbocycles. The van der Waals surface area contributed by atoms with Crippen molar-refractivity contribution in [3.63, 3.8) is 0 Å². The molecular weight excluding hydrogens is 456 g/mol. The molecule has 0 spiro atoms. The molecule has 7 rings (SSSR count). The number of aromatic nitrogens is 4. The van der Waals surface area contributed by atoms with Crippen LogP contribution in [0.5, 0.6) is 0 Å². The molecule has 5 heteroatoms. The van der Waals surface area contributed by atoms with Crippen molar-refractivity contribution in [3.8, 4) is 39.9 Å². The molecule has 4 aromatic carbocycles. The van der Waals surface area contributed by atoms with Gasteiger partial charge in [0.05, 0.1) is 5.52 Å². The van der Waals surface area contributed by atoms with Crippen LogP contribution in [0.4, 0.5) is 0 Å². The van der Waals surface area contributed by atoms with Crippen LogP contribution in [0.2, 0.25) is 13.1 Å². The van der Waals surface area contributed by atoms with Gasteiger partial charge in [0, 0.05) is 22.7 Å². The summed E-state index contributed by atoms with van der Waals surface area (Å²) in [4.78, 5) is 14.7. The zero-order chi connectivity index (χ0) is 24.3. The second kappa shape index (κ2) is 7.83. The molecule has 1 aliphatic rings. The average molecular weight is 481 g/mol. The summed E-state index contributed by atoms with van der Waals surface area (Å²) >= 11 is 0. The van der Waals surface area contributed by atoms with Crippen LogP contribution in [0.1, 0.15) is 0 Å². The first-order valence-corrected chi connectivity index (χ1v) is 15.2. The van der Waals surface area contributed by atoms with Crippen molar-refractivity contribution in [1.82, 2.24) is 19.5 Å². The van der Waals surface area contributed by atoms with Crippen molar-refractivity contribution in [1.29, 1.82) is 0 Å². The summed E-state index contributed by atoms with van der Waals surface area (Å²) in [6, 6.07) is 36.0. The largest absolute Gasteiger partial charge is 0.285 e. The van der Waals surface area contributed by atoms with E-state index in [4.69, 9.17) is 15.0 Å². The number of hydrogen-bond donors (Lipinski definition) is 0. The maximum Gasteiger partial charge on any atom is 0.238 e. The molecule has 4 nitrogen and oxygen atoms in total. The number of hydrogen-bond acceptors (Lipinski definition) is 3. The van der Waals surface area contributed by atoms with Crippen LogP contribution in [0.3, 0.4) is 0 Å². The Bertz CT molecular complexity index is 1700. The average Bonchev–Trinajstić information content (AvgIpc) is 3.45. The van der Waals surface area contributed by atoms with Gasteiger partial charge in [-0.1, -0.05) is 98.0 Å². The zero-order valence-corrected chi connectivity index (χ0v) is 21.2. The second-order valence-corrected chi connectivity index (χ2v) is 14.2. The van der Waals surface area contributed by atoms with E-state index < -0.39 is 8.07 Å². The van der Waals surface area contributed by atoms with Crippen LogP contribution in [0.15, 0.2) is 109 Å². The van der Waals surface area contributed by atoms with Crippen molar-refractivity contribution < 1.29 is 0 Å². The SMILES string of the molecule is C[Si]1(C)c2ccccc2-c2cc3ccn(-c4nc(-c5ccccc5)nc(-c5ccccc5)n4)c3cc21. The van der Waals surface area contributed by atoms with Gasteiger partial charge in [-0.25, -0.2) is 4.98 Å². The van der Waals surface area contributed by atoms with E-state index in [9.17, 15) is 0 Å². The van der Waals surface area contributed by atoms with E-state index >= 15 is 0 Å². The maximum atomic E-state index is 4.94. The lowest BCUT2D eigenvalue weighted by Crippen LogP contribution is -2.49. The standard InChI is InChI=1S/C31H24N4Si/c1-36(2)27-16-10-9-15-24(27)25-19-23-17-18-35(26(23)20-28(25)36)31-33-29(21-11-5-3-6-12-21)32-30(34-31)22-13-7-4-8-14-22/h3-20H,1-2H3. The summed E-state index contributed by atoms with van der Waals surface area (Å²) in [6.07, 6.45) is 2.08. The summed E-state index contributed by atoms with van der Waals surface area (Å²) in [5.74, 6) is 1.97. The van der Waals surface area contributed by atoms with Gasteiger partial charge in [0.2, 0.25) is 5.95 Å². The molecule has 0 unspecified atom stereocenters. The Morgan fingerprint density at radius 2 is 1.19 bits per heavy atom. The Labute approximate surface area is 211 Å². The number of nitrogens with zero attached hydrogens (tertiary/aromatic N) is 4. The molecule has 0 bridgehead atoms. The molecule has 2 aromatic heterocycles. The Kier molecular flexibility index (Phi) is 4.56. The van der Waals surface area contributed by atoms with Crippen LogP contribution in [-0.4, -0.2) is 27.6 Å². The highest BCUT2D eigenvalue weighted by atomic mass is 28.3. The lowest BCUT2D eigenvalue weighted by atomic mass is 10.0. The number of benzene rings is 4. The third-order valence-corrected chi connectivity index (χ3v) is 10.8. The highest BCUT2D eigenvalue weighted by Crippen LogP contribution is 2.32. The van der Waals surface area contributed by atoms with Crippen molar-refractivity contribution >= 4 is 29.4 Å². The van der Waals surface area contributed by atoms with E-state index in [-0.39, 0.29) is 0 Å². The summed E-state index contributed by atoms with van der Waals surface area (Å²) in [5, 5.41) is 4.17. The van der Waals surface area contributed by atoms with Gasteiger partial charge in [-0.3, -0.25) is 4.57 Å². The first kappa shape index (κ1) is 21.0. The summed E-state index contributed by atoms with van der Waals surface area (Å²) in [7, 11) is -1.79. The Balaban J connectivity index is 1.45. The van der Waals surface area contributed by atoms with Crippen LogP contribution >= 0.6 is 0 Å². The van der Waals surface area contributed by atoms with E-state index in [0.29, 0.717) is 17.6 Å². The molecule has 172 valence electrons. The monoisotopic (exact) mass is 480 g/mol. The van der Waals surface area contributed by atoms with Gasteiger partial charge < -0.3 is 0 Å². The fraction of sp³-hybridized carbons (Fsp3) is 0.0645. The molecule has 0 saturated heterocycles. The smallest absolute Gasteiger partial charge is 0.238 e. The van der Waals surface area contributed by atoms with Crippen LogP contribution in [0, 0.1) is 0 Å². The zero-order valence-electron chi connectivity index (χ0n) is 20.2. The fourth-order valence-corrected chi connectivity index (χ4v) is 8.48. The lowest BCUT2D eigenvalue weighted by molar-refractivity contribution is 0.933.